The van der Waals surface area contributed by atoms with Gasteiger partial charge in [0.05, 0.1) is 18.7 Å². The lowest BCUT2D eigenvalue weighted by molar-refractivity contribution is -0.150. The van der Waals surface area contributed by atoms with Crippen molar-refractivity contribution in [3.8, 4) is 0 Å². The molecule has 6 nitrogen and oxygen atoms in total. The van der Waals surface area contributed by atoms with Crippen LogP contribution < -0.4 is 4.90 Å². The summed E-state index contributed by atoms with van der Waals surface area (Å²) in [4.78, 5) is 21.5. The summed E-state index contributed by atoms with van der Waals surface area (Å²) in [6.07, 6.45) is 0.937. The zero-order valence-corrected chi connectivity index (χ0v) is 10.2. The van der Waals surface area contributed by atoms with Gasteiger partial charge in [0.1, 0.15) is 0 Å². The van der Waals surface area contributed by atoms with E-state index in [1.165, 1.54) is 0 Å². The van der Waals surface area contributed by atoms with E-state index in [4.69, 9.17) is 9.84 Å². The summed E-state index contributed by atoms with van der Waals surface area (Å²) in [6.45, 7) is 1.24. The molecule has 0 radical (unpaired) electrons. The van der Waals surface area contributed by atoms with Gasteiger partial charge in [-0.05, 0) is 6.07 Å². The van der Waals surface area contributed by atoms with Crippen LogP contribution in [0.2, 0.25) is 0 Å². The van der Waals surface area contributed by atoms with E-state index in [9.17, 15) is 4.79 Å². The third kappa shape index (κ3) is 2.34. The fourth-order valence-corrected chi connectivity index (χ4v) is 2.10. The first-order chi connectivity index (χ1) is 9.24. The molecule has 1 N–H and O–H groups in total. The molecule has 6 heteroatoms. The summed E-state index contributed by atoms with van der Waals surface area (Å²) in [5, 5.41) is 9.95. The summed E-state index contributed by atoms with van der Waals surface area (Å²) in [5.74, 6) is -0.404. The first-order valence-corrected chi connectivity index (χ1v) is 6.05. The van der Waals surface area contributed by atoms with Crippen molar-refractivity contribution in [1.82, 2.24) is 9.97 Å². The van der Waals surface area contributed by atoms with Crippen molar-refractivity contribution in [2.75, 3.05) is 24.6 Å². The number of carboxylic acids is 1. The van der Waals surface area contributed by atoms with Crippen LogP contribution in [0.4, 0.5) is 5.95 Å². The van der Waals surface area contributed by atoms with Gasteiger partial charge in [0.15, 0.2) is 6.10 Å². The van der Waals surface area contributed by atoms with E-state index in [2.05, 4.69) is 9.97 Å². The molecule has 1 aliphatic rings. The quantitative estimate of drug-likeness (QED) is 0.864. The van der Waals surface area contributed by atoms with Crippen molar-refractivity contribution in [1.29, 1.82) is 0 Å². The molecule has 1 unspecified atom stereocenters. The van der Waals surface area contributed by atoms with Gasteiger partial charge in [0.25, 0.3) is 0 Å². The number of anilines is 1. The minimum absolute atomic E-state index is 0.272. The van der Waals surface area contributed by atoms with Crippen molar-refractivity contribution in [2.45, 2.75) is 6.10 Å². The second kappa shape index (κ2) is 4.81. The molecular weight excluding hydrogens is 246 g/mol. The van der Waals surface area contributed by atoms with E-state index in [1.54, 1.807) is 6.20 Å². The number of aliphatic carboxylic acids is 1. The Bertz CT molecular complexity index is 617. The third-order valence-electron chi connectivity index (χ3n) is 3.10. The average molecular weight is 259 g/mol. The Morgan fingerprint density at radius 2 is 2.26 bits per heavy atom. The standard InChI is InChI=1S/C13H13N3O3/c17-12(18)11-8-16(5-6-19-11)13-14-7-9-3-1-2-4-10(9)15-13/h1-4,7,11H,5-6,8H2,(H,17,18). The van der Waals surface area contributed by atoms with Gasteiger partial charge in [0, 0.05) is 18.1 Å². The van der Waals surface area contributed by atoms with Crippen molar-refractivity contribution >= 4 is 22.8 Å². The summed E-state index contributed by atoms with van der Waals surface area (Å²) in [6, 6.07) is 7.70. The van der Waals surface area contributed by atoms with Gasteiger partial charge in [-0.1, -0.05) is 18.2 Å². The molecule has 0 aliphatic carbocycles. The molecule has 0 bridgehead atoms. The van der Waals surface area contributed by atoms with E-state index in [1.807, 2.05) is 29.2 Å². The maximum absolute atomic E-state index is 11.0. The number of ether oxygens (including phenoxy) is 1. The van der Waals surface area contributed by atoms with E-state index in [0.29, 0.717) is 19.1 Å². The fourth-order valence-electron chi connectivity index (χ4n) is 2.10. The summed E-state index contributed by atoms with van der Waals surface area (Å²) >= 11 is 0. The molecule has 19 heavy (non-hydrogen) atoms. The normalized spacial score (nSPS) is 19.6. The number of benzene rings is 1. The monoisotopic (exact) mass is 259 g/mol. The SMILES string of the molecule is O=C(O)C1CN(c2ncc3ccccc3n2)CCO1. The number of aromatic nitrogens is 2. The minimum atomic E-state index is -0.953. The van der Waals surface area contributed by atoms with Crippen molar-refractivity contribution < 1.29 is 14.6 Å². The average Bonchev–Trinajstić information content (AvgIpc) is 2.47. The predicted molar refractivity (Wildman–Crippen MR) is 69.1 cm³/mol. The van der Waals surface area contributed by atoms with Crippen LogP contribution in [0.1, 0.15) is 0 Å². The number of rotatable bonds is 2. The van der Waals surface area contributed by atoms with Crippen LogP contribution in [0.25, 0.3) is 10.9 Å². The van der Waals surface area contributed by atoms with Gasteiger partial charge < -0.3 is 14.7 Å². The third-order valence-corrected chi connectivity index (χ3v) is 3.10. The molecule has 2 aromatic rings. The molecule has 0 spiro atoms. The number of morpholine rings is 1. The number of carboxylic acid groups (broad SMARTS) is 1. The van der Waals surface area contributed by atoms with Gasteiger partial charge in [-0.25, -0.2) is 14.8 Å². The fraction of sp³-hybridized carbons (Fsp3) is 0.308. The van der Waals surface area contributed by atoms with E-state index in [-0.39, 0.29) is 6.54 Å². The van der Waals surface area contributed by atoms with Gasteiger partial charge in [-0.15, -0.1) is 0 Å². The Hall–Kier alpha value is -2.21. The van der Waals surface area contributed by atoms with Crippen LogP contribution in [0.15, 0.2) is 30.5 Å². The van der Waals surface area contributed by atoms with E-state index >= 15 is 0 Å². The number of hydrogen-bond acceptors (Lipinski definition) is 5. The largest absolute Gasteiger partial charge is 0.479 e. The molecule has 1 aromatic heterocycles. The maximum Gasteiger partial charge on any atom is 0.334 e. The van der Waals surface area contributed by atoms with E-state index < -0.39 is 12.1 Å². The van der Waals surface area contributed by atoms with Crippen LogP contribution in [0.3, 0.4) is 0 Å². The second-order valence-electron chi connectivity index (χ2n) is 4.37. The highest BCUT2D eigenvalue weighted by Crippen LogP contribution is 2.17. The van der Waals surface area contributed by atoms with Crippen molar-refractivity contribution in [3.63, 3.8) is 0 Å². The number of para-hydroxylation sites is 1. The molecule has 1 saturated heterocycles. The smallest absolute Gasteiger partial charge is 0.334 e. The van der Waals surface area contributed by atoms with Crippen LogP contribution in [-0.4, -0.2) is 46.8 Å². The number of carbonyl (C=O) groups is 1. The molecular formula is C13H13N3O3. The first kappa shape index (κ1) is 11.9. The zero-order valence-electron chi connectivity index (χ0n) is 10.2. The highest BCUT2D eigenvalue weighted by Gasteiger charge is 2.27. The summed E-state index contributed by atoms with van der Waals surface area (Å²) in [7, 11) is 0. The lowest BCUT2D eigenvalue weighted by Crippen LogP contribution is -2.46. The Balaban J connectivity index is 1.89. The minimum Gasteiger partial charge on any atom is -0.479 e. The Labute approximate surface area is 109 Å². The van der Waals surface area contributed by atoms with Crippen LogP contribution in [0.5, 0.6) is 0 Å². The van der Waals surface area contributed by atoms with E-state index in [0.717, 1.165) is 10.9 Å². The van der Waals surface area contributed by atoms with Crippen LogP contribution in [-0.2, 0) is 9.53 Å². The lowest BCUT2D eigenvalue weighted by Gasteiger charge is -2.30. The van der Waals surface area contributed by atoms with Crippen molar-refractivity contribution in [2.24, 2.45) is 0 Å². The number of fused-ring (bicyclic) bond motifs is 1. The van der Waals surface area contributed by atoms with Crippen molar-refractivity contribution in [3.05, 3.63) is 30.5 Å². The summed E-state index contributed by atoms with van der Waals surface area (Å²) < 4.78 is 5.18. The highest BCUT2D eigenvalue weighted by atomic mass is 16.5. The highest BCUT2D eigenvalue weighted by molar-refractivity contribution is 5.78. The molecule has 0 saturated carbocycles. The molecule has 98 valence electrons. The topological polar surface area (TPSA) is 75.5 Å². The summed E-state index contributed by atoms with van der Waals surface area (Å²) in [5.41, 5.74) is 0.853. The Kier molecular flexibility index (Phi) is 3.00. The van der Waals surface area contributed by atoms with Crippen LogP contribution in [0, 0.1) is 0 Å². The number of nitrogens with zero attached hydrogens (tertiary/aromatic N) is 3. The molecule has 1 aromatic carbocycles. The first-order valence-electron chi connectivity index (χ1n) is 6.05. The molecule has 3 rings (SSSR count). The maximum atomic E-state index is 11.0. The molecule has 1 aliphatic heterocycles. The van der Waals surface area contributed by atoms with Gasteiger partial charge in [0.2, 0.25) is 5.95 Å². The number of hydrogen-bond donors (Lipinski definition) is 1. The molecule has 1 atom stereocenters. The van der Waals surface area contributed by atoms with Gasteiger partial charge >= 0.3 is 5.97 Å². The zero-order chi connectivity index (χ0) is 13.2. The molecule has 0 amide bonds. The lowest BCUT2D eigenvalue weighted by atomic mass is 10.2. The second-order valence-corrected chi connectivity index (χ2v) is 4.37. The Morgan fingerprint density at radius 3 is 3.11 bits per heavy atom. The molecule has 1 fully saturated rings. The van der Waals surface area contributed by atoms with Gasteiger partial charge in [-0.3, -0.25) is 0 Å². The van der Waals surface area contributed by atoms with Gasteiger partial charge in [-0.2, -0.15) is 0 Å². The van der Waals surface area contributed by atoms with Crippen LogP contribution >= 0.6 is 0 Å². The molecule has 2 heterocycles. The predicted octanol–water partition coefficient (Wildman–Crippen LogP) is 0.920. The Morgan fingerprint density at radius 1 is 1.42 bits per heavy atom.